The predicted molar refractivity (Wildman–Crippen MR) is 76.1 cm³/mol. The molecule has 0 aromatic heterocycles. The van der Waals surface area contributed by atoms with Crippen molar-refractivity contribution < 1.29 is 13.3 Å². The number of nitro groups is 1. The zero-order valence-corrected chi connectivity index (χ0v) is 12.4. The van der Waals surface area contributed by atoms with Crippen molar-refractivity contribution in [2.24, 2.45) is 0 Å². The minimum Gasteiger partial charge on any atom is -0.377 e. The molecule has 0 spiro atoms. The van der Waals surface area contributed by atoms with Gasteiger partial charge in [-0.3, -0.25) is 10.1 Å². The first-order chi connectivity index (χ1) is 8.87. The van der Waals surface area contributed by atoms with Crippen LogP contribution in [0, 0.1) is 10.1 Å². The third kappa shape index (κ3) is 3.66. The van der Waals surface area contributed by atoms with E-state index in [1.54, 1.807) is 12.1 Å². The van der Waals surface area contributed by atoms with E-state index in [2.05, 4.69) is 21.2 Å². The molecule has 1 fully saturated rings. The summed E-state index contributed by atoms with van der Waals surface area (Å²) in [6.07, 6.45) is 0.963. The van der Waals surface area contributed by atoms with Crippen molar-refractivity contribution in [2.45, 2.75) is 18.9 Å². The van der Waals surface area contributed by atoms with Gasteiger partial charge in [-0.1, -0.05) is 15.9 Å². The fraction of sp³-hybridized carbons (Fsp3) is 0.455. The van der Waals surface area contributed by atoms with Crippen LogP contribution in [0.5, 0.6) is 0 Å². The molecule has 1 aliphatic heterocycles. The molecule has 0 unspecified atom stereocenters. The number of benzene rings is 1. The molecular weight excluding hydrogens is 336 g/mol. The third-order valence-electron chi connectivity index (χ3n) is 3.07. The summed E-state index contributed by atoms with van der Waals surface area (Å²) in [5, 5.41) is 14.0. The highest BCUT2D eigenvalue weighted by Gasteiger charge is 2.25. The van der Waals surface area contributed by atoms with Crippen molar-refractivity contribution >= 4 is 37.1 Å². The van der Waals surface area contributed by atoms with Crippen LogP contribution in [0.25, 0.3) is 0 Å². The zero-order valence-electron chi connectivity index (χ0n) is 10.0. The minimum absolute atomic E-state index is 0.0113. The molecule has 0 radical (unpaired) electrons. The Labute approximate surface area is 119 Å². The van der Waals surface area contributed by atoms with Gasteiger partial charge in [0.25, 0.3) is 5.69 Å². The standard InChI is InChI=1S/C11H13BrN2O4S/c12-8-1-2-10(11(7-8)14(15)16)13-9-3-5-19(17,18)6-4-9/h1-2,7,9,13H,3-6H2. The molecule has 0 amide bonds. The van der Waals surface area contributed by atoms with Gasteiger partial charge in [-0.25, -0.2) is 8.42 Å². The monoisotopic (exact) mass is 348 g/mol. The fourth-order valence-corrected chi connectivity index (χ4v) is 3.87. The van der Waals surface area contributed by atoms with Crippen molar-refractivity contribution in [1.29, 1.82) is 0 Å². The number of halogens is 1. The molecule has 1 aliphatic rings. The van der Waals surface area contributed by atoms with Gasteiger partial charge in [-0.05, 0) is 25.0 Å². The quantitative estimate of drug-likeness (QED) is 0.668. The van der Waals surface area contributed by atoms with Crippen LogP contribution in [0.4, 0.5) is 11.4 Å². The van der Waals surface area contributed by atoms with Gasteiger partial charge in [0.2, 0.25) is 0 Å². The molecule has 2 rings (SSSR count). The number of nitrogens with zero attached hydrogens (tertiary/aromatic N) is 1. The predicted octanol–water partition coefficient (Wildman–Crippen LogP) is 2.35. The number of rotatable bonds is 3. The number of sulfone groups is 1. The van der Waals surface area contributed by atoms with E-state index in [-0.39, 0.29) is 23.2 Å². The summed E-state index contributed by atoms with van der Waals surface area (Å²) in [4.78, 5) is 10.5. The van der Waals surface area contributed by atoms with Crippen LogP contribution in [0.2, 0.25) is 0 Å². The smallest absolute Gasteiger partial charge is 0.293 e. The van der Waals surface area contributed by atoms with Crippen LogP contribution < -0.4 is 5.32 Å². The SMILES string of the molecule is O=[N+]([O-])c1cc(Br)ccc1NC1CCS(=O)(=O)CC1. The molecule has 1 heterocycles. The Morgan fingerprint density at radius 1 is 1.32 bits per heavy atom. The molecule has 1 saturated heterocycles. The molecule has 8 heteroatoms. The molecule has 6 nitrogen and oxygen atoms in total. The maximum Gasteiger partial charge on any atom is 0.293 e. The van der Waals surface area contributed by atoms with Crippen molar-refractivity contribution in [3.05, 3.63) is 32.8 Å². The summed E-state index contributed by atoms with van der Waals surface area (Å²) in [5.74, 6) is 0.268. The molecule has 0 bridgehead atoms. The lowest BCUT2D eigenvalue weighted by Crippen LogP contribution is -2.32. The molecule has 0 atom stereocenters. The van der Waals surface area contributed by atoms with Gasteiger partial charge in [0.15, 0.2) is 0 Å². The first-order valence-electron chi connectivity index (χ1n) is 5.78. The second-order valence-corrected chi connectivity index (χ2v) is 7.71. The van der Waals surface area contributed by atoms with Crippen LogP contribution >= 0.6 is 15.9 Å². The van der Waals surface area contributed by atoms with Crippen LogP contribution in [0.15, 0.2) is 22.7 Å². The molecule has 0 saturated carbocycles. The Kier molecular flexibility index (Phi) is 4.10. The lowest BCUT2D eigenvalue weighted by molar-refractivity contribution is -0.384. The van der Waals surface area contributed by atoms with Crippen molar-refractivity contribution in [3.8, 4) is 0 Å². The Hall–Kier alpha value is -1.15. The number of anilines is 1. The second-order valence-electron chi connectivity index (χ2n) is 4.49. The maximum absolute atomic E-state index is 11.3. The number of hydrogen-bond acceptors (Lipinski definition) is 5. The van der Waals surface area contributed by atoms with E-state index in [4.69, 9.17) is 0 Å². The van der Waals surface area contributed by atoms with E-state index in [0.717, 1.165) is 0 Å². The highest BCUT2D eigenvalue weighted by Crippen LogP contribution is 2.29. The third-order valence-corrected chi connectivity index (χ3v) is 5.28. The summed E-state index contributed by atoms with van der Waals surface area (Å²) in [6.45, 7) is 0. The Morgan fingerprint density at radius 2 is 1.95 bits per heavy atom. The summed E-state index contributed by atoms with van der Waals surface area (Å²) in [7, 11) is -2.92. The van der Waals surface area contributed by atoms with Gasteiger partial charge in [0.05, 0.1) is 16.4 Å². The minimum atomic E-state index is -2.92. The summed E-state index contributed by atoms with van der Waals surface area (Å²) < 4.78 is 23.3. The lowest BCUT2D eigenvalue weighted by Gasteiger charge is -2.23. The van der Waals surface area contributed by atoms with Crippen LogP contribution in [0.3, 0.4) is 0 Å². The van der Waals surface area contributed by atoms with Gasteiger partial charge in [0, 0.05) is 16.6 Å². The molecule has 1 aromatic rings. The Morgan fingerprint density at radius 3 is 2.53 bits per heavy atom. The Balaban J connectivity index is 2.14. The van der Waals surface area contributed by atoms with E-state index < -0.39 is 14.8 Å². The highest BCUT2D eigenvalue weighted by molar-refractivity contribution is 9.10. The fourth-order valence-electron chi connectivity index (χ4n) is 2.03. The molecule has 19 heavy (non-hydrogen) atoms. The van der Waals surface area contributed by atoms with E-state index >= 15 is 0 Å². The zero-order chi connectivity index (χ0) is 14.0. The lowest BCUT2D eigenvalue weighted by atomic mass is 10.1. The molecule has 104 valence electrons. The molecular formula is C11H13BrN2O4S. The molecule has 1 N–H and O–H groups in total. The number of hydrogen-bond donors (Lipinski definition) is 1. The van der Waals surface area contributed by atoms with Crippen molar-refractivity contribution in [2.75, 3.05) is 16.8 Å². The summed E-state index contributed by atoms with van der Waals surface area (Å²) in [6, 6.07) is 4.74. The van der Waals surface area contributed by atoms with Gasteiger partial charge in [0.1, 0.15) is 15.5 Å². The first kappa shape index (κ1) is 14.3. The van der Waals surface area contributed by atoms with Gasteiger partial charge >= 0.3 is 0 Å². The number of nitrogens with one attached hydrogen (secondary N) is 1. The Bertz CT molecular complexity index is 589. The first-order valence-corrected chi connectivity index (χ1v) is 8.40. The summed E-state index contributed by atoms with van der Waals surface area (Å²) in [5.41, 5.74) is 0.417. The van der Waals surface area contributed by atoms with E-state index in [9.17, 15) is 18.5 Å². The maximum atomic E-state index is 11.3. The molecule has 0 aliphatic carbocycles. The normalized spacial score (nSPS) is 19.0. The average Bonchev–Trinajstić information content (AvgIpc) is 2.33. The van der Waals surface area contributed by atoms with Gasteiger partial charge in [-0.15, -0.1) is 0 Å². The van der Waals surface area contributed by atoms with Crippen LogP contribution in [0.1, 0.15) is 12.8 Å². The largest absolute Gasteiger partial charge is 0.377 e. The van der Waals surface area contributed by atoms with Crippen molar-refractivity contribution in [3.63, 3.8) is 0 Å². The number of nitro benzene ring substituents is 1. The second kappa shape index (κ2) is 5.46. The topological polar surface area (TPSA) is 89.3 Å². The van der Waals surface area contributed by atoms with Crippen LogP contribution in [-0.4, -0.2) is 30.9 Å². The summed E-state index contributed by atoms with van der Waals surface area (Å²) >= 11 is 3.19. The van der Waals surface area contributed by atoms with Gasteiger partial charge in [-0.2, -0.15) is 0 Å². The highest BCUT2D eigenvalue weighted by atomic mass is 79.9. The van der Waals surface area contributed by atoms with Crippen molar-refractivity contribution in [1.82, 2.24) is 0 Å². The van der Waals surface area contributed by atoms with E-state index in [1.165, 1.54) is 6.07 Å². The van der Waals surface area contributed by atoms with E-state index in [1.807, 2.05) is 0 Å². The van der Waals surface area contributed by atoms with E-state index in [0.29, 0.717) is 23.0 Å². The van der Waals surface area contributed by atoms with Crippen LogP contribution in [-0.2, 0) is 9.84 Å². The average molecular weight is 349 g/mol. The molecule has 1 aromatic carbocycles. The van der Waals surface area contributed by atoms with Gasteiger partial charge < -0.3 is 5.32 Å².